The summed E-state index contributed by atoms with van der Waals surface area (Å²) in [6, 6.07) is 12.4. The lowest BCUT2D eigenvalue weighted by Crippen LogP contribution is -2.30. The van der Waals surface area contributed by atoms with Crippen molar-refractivity contribution in [3.63, 3.8) is 0 Å². The zero-order chi connectivity index (χ0) is 16.1. The number of halogens is 1. The van der Waals surface area contributed by atoms with Gasteiger partial charge in [0.1, 0.15) is 11.5 Å². The molecule has 5 heteroatoms. The first kappa shape index (κ1) is 16.2. The molecule has 0 saturated heterocycles. The van der Waals surface area contributed by atoms with E-state index in [1.807, 2.05) is 6.92 Å². The molecule has 1 amide bonds. The van der Waals surface area contributed by atoms with E-state index >= 15 is 0 Å². The molecule has 116 valence electrons. The van der Waals surface area contributed by atoms with Crippen LogP contribution in [0.25, 0.3) is 0 Å². The summed E-state index contributed by atoms with van der Waals surface area (Å²) < 4.78 is 10.8. The van der Waals surface area contributed by atoms with Crippen molar-refractivity contribution in [2.45, 2.75) is 20.0 Å². The summed E-state index contributed by atoms with van der Waals surface area (Å²) in [7, 11) is 1.60. The molecule has 0 spiro atoms. The molecule has 0 bridgehead atoms. The van der Waals surface area contributed by atoms with Crippen molar-refractivity contribution < 1.29 is 14.3 Å². The van der Waals surface area contributed by atoms with Crippen LogP contribution in [0.5, 0.6) is 11.5 Å². The van der Waals surface area contributed by atoms with Gasteiger partial charge in [-0.3, -0.25) is 4.79 Å². The van der Waals surface area contributed by atoms with Crippen molar-refractivity contribution in [2.24, 2.45) is 0 Å². The summed E-state index contributed by atoms with van der Waals surface area (Å²) >= 11 is 5.90. The van der Waals surface area contributed by atoms with E-state index in [4.69, 9.17) is 21.1 Å². The fraction of sp³-hybridized carbons (Fsp3) is 0.235. The molecule has 0 aliphatic carbocycles. The lowest BCUT2D eigenvalue weighted by atomic mass is 10.2. The highest BCUT2D eigenvalue weighted by Gasteiger charge is 2.16. The second kappa shape index (κ2) is 7.18. The van der Waals surface area contributed by atoms with Crippen LogP contribution < -0.4 is 14.8 Å². The first-order valence-electron chi connectivity index (χ1n) is 6.87. The number of anilines is 1. The minimum atomic E-state index is -0.623. The zero-order valence-electron chi connectivity index (χ0n) is 12.7. The van der Waals surface area contributed by atoms with E-state index in [2.05, 4.69) is 5.32 Å². The van der Waals surface area contributed by atoms with E-state index in [0.717, 1.165) is 11.3 Å². The van der Waals surface area contributed by atoms with Gasteiger partial charge in [0.05, 0.1) is 7.11 Å². The Hall–Kier alpha value is -2.20. The standard InChI is InChI=1S/C17H18ClNO3/c1-11-10-13(18)4-9-16(11)22-12(2)17(20)19-14-5-7-15(21-3)8-6-14/h4-10,12H,1-3H3,(H,19,20). The number of benzene rings is 2. The number of amides is 1. The molecule has 0 saturated carbocycles. The summed E-state index contributed by atoms with van der Waals surface area (Å²) in [4.78, 5) is 12.2. The molecule has 4 nitrogen and oxygen atoms in total. The van der Waals surface area contributed by atoms with E-state index in [1.54, 1.807) is 56.5 Å². The first-order valence-corrected chi connectivity index (χ1v) is 7.25. The second-order valence-electron chi connectivity index (χ2n) is 4.89. The van der Waals surface area contributed by atoms with Crippen LogP contribution in [0.2, 0.25) is 5.02 Å². The van der Waals surface area contributed by atoms with Gasteiger partial charge in [-0.25, -0.2) is 0 Å². The monoisotopic (exact) mass is 319 g/mol. The Labute approximate surface area is 135 Å². The van der Waals surface area contributed by atoms with Gasteiger partial charge in [-0.15, -0.1) is 0 Å². The van der Waals surface area contributed by atoms with Gasteiger partial charge in [-0.1, -0.05) is 11.6 Å². The SMILES string of the molecule is COc1ccc(NC(=O)C(C)Oc2ccc(Cl)cc2C)cc1. The van der Waals surface area contributed by atoms with Gasteiger partial charge in [0.15, 0.2) is 6.10 Å². The third kappa shape index (κ3) is 4.15. The smallest absolute Gasteiger partial charge is 0.265 e. The highest BCUT2D eigenvalue weighted by molar-refractivity contribution is 6.30. The Bertz CT molecular complexity index is 655. The first-order chi connectivity index (χ1) is 10.5. The van der Waals surface area contributed by atoms with E-state index < -0.39 is 6.10 Å². The predicted octanol–water partition coefficient (Wildman–Crippen LogP) is 4.06. The quantitative estimate of drug-likeness (QED) is 0.904. The van der Waals surface area contributed by atoms with E-state index in [9.17, 15) is 4.79 Å². The molecule has 1 unspecified atom stereocenters. The molecule has 1 atom stereocenters. The predicted molar refractivity (Wildman–Crippen MR) is 87.9 cm³/mol. The Kier molecular flexibility index (Phi) is 5.28. The van der Waals surface area contributed by atoms with Crippen LogP contribution in [0.4, 0.5) is 5.69 Å². The molecular formula is C17H18ClNO3. The van der Waals surface area contributed by atoms with Gasteiger partial charge in [-0.05, 0) is 61.9 Å². The topological polar surface area (TPSA) is 47.6 Å². The van der Waals surface area contributed by atoms with Crippen LogP contribution in [0, 0.1) is 6.92 Å². The Morgan fingerprint density at radius 2 is 1.86 bits per heavy atom. The van der Waals surface area contributed by atoms with E-state index in [1.165, 1.54) is 0 Å². The number of ether oxygens (including phenoxy) is 2. The van der Waals surface area contributed by atoms with Gasteiger partial charge >= 0.3 is 0 Å². The van der Waals surface area contributed by atoms with Crippen LogP contribution >= 0.6 is 11.6 Å². The Morgan fingerprint density at radius 1 is 1.18 bits per heavy atom. The summed E-state index contributed by atoms with van der Waals surface area (Å²) in [5.41, 5.74) is 1.57. The van der Waals surface area contributed by atoms with Gasteiger partial charge in [0.2, 0.25) is 0 Å². The molecule has 1 N–H and O–H groups in total. The number of carbonyl (C=O) groups is 1. The summed E-state index contributed by atoms with van der Waals surface area (Å²) in [6.45, 7) is 3.59. The van der Waals surface area contributed by atoms with Gasteiger partial charge < -0.3 is 14.8 Å². The number of hydrogen-bond acceptors (Lipinski definition) is 3. The summed E-state index contributed by atoms with van der Waals surface area (Å²) in [6.07, 6.45) is -0.623. The molecule has 0 aliphatic rings. The van der Waals surface area contributed by atoms with Gasteiger partial charge in [-0.2, -0.15) is 0 Å². The van der Waals surface area contributed by atoms with Gasteiger partial charge in [0, 0.05) is 10.7 Å². The summed E-state index contributed by atoms with van der Waals surface area (Å²) in [5, 5.41) is 3.44. The fourth-order valence-corrected chi connectivity index (χ4v) is 2.13. The largest absolute Gasteiger partial charge is 0.497 e. The minimum absolute atomic E-state index is 0.223. The molecule has 0 heterocycles. The van der Waals surface area contributed by atoms with Crippen molar-refractivity contribution in [1.82, 2.24) is 0 Å². The normalized spacial score (nSPS) is 11.6. The van der Waals surface area contributed by atoms with Crippen molar-refractivity contribution in [3.05, 3.63) is 53.1 Å². The van der Waals surface area contributed by atoms with Crippen molar-refractivity contribution in [3.8, 4) is 11.5 Å². The maximum atomic E-state index is 12.2. The minimum Gasteiger partial charge on any atom is -0.497 e. The number of rotatable bonds is 5. The molecule has 0 fully saturated rings. The lowest BCUT2D eigenvalue weighted by molar-refractivity contribution is -0.122. The van der Waals surface area contributed by atoms with Crippen LogP contribution in [-0.4, -0.2) is 19.1 Å². The molecule has 2 aromatic carbocycles. The lowest BCUT2D eigenvalue weighted by Gasteiger charge is -2.16. The fourth-order valence-electron chi connectivity index (χ4n) is 1.91. The van der Waals surface area contributed by atoms with Crippen molar-refractivity contribution >= 4 is 23.2 Å². The maximum Gasteiger partial charge on any atom is 0.265 e. The van der Waals surface area contributed by atoms with Crippen molar-refractivity contribution in [1.29, 1.82) is 0 Å². The molecular weight excluding hydrogens is 302 g/mol. The number of hydrogen-bond donors (Lipinski definition) is 1. The molecule has 0 radical (unpaired) electrons. The van der Waals surface area contributed by atoms with Crippen LogP contribution in [0.1, 0.15) is 12.5 Å². The third-order valence-corrected chi connectivity index (χ3v) is 3.40. The van der Waals surface area contributed by atoms with E-state index in [0.29, 0.717) is 16.5 Å². The summed E-state index contributed by atoms with van der Waals surface area (Å²) in [5.74, 6) is 1.15. The highest BCUT2D eigenvalue weighted by Crippen LogP contribution is 2.23. The Morgan fingerprint density at radius 3 is 2.45 bits per heavy atom. The maximum absolute atomic E-state index is 12.2. The number of aryl methyl sites for hydroxylation is 1. The zero-order valence-corrected chi connectivity index (χ0v) is 13.5. The molecule has 0 aliphatic heterocycles. The van der Waals surface area contributed by atoms with Crippen LogP contribution in [0.3, 0.4) is 0 Å². The average molecular weight is 320 g/mol. The number of nitrogens with one attached hydrogen (secondary N) is 1. The second-order valence-corrected chi connectivity index (χ2v) is 5.32. The number of carbonyl (C=O) groups excluding carboxylic acids is 1. The molecule has 2 rings (SSSR count). The molecule has 2 aromatic rings. The molecule has 22 heavy (non-hydrogen) atoms. The average Bonchev–Trinajstić information content (AvgIpc) is 2.50. The third-order valence-electron chi connectivity index (χ3n) is 3.17. The van der Waals surface area contributed by atoms with Gasteiger partial charge in [0.25, 0.3) is 5.91 Å². The van der Waals surface area contributed by atoms with Crippen LogP contribution in [0.15, 0.2) is 42.5 Å². The highest BCUT2D eigenvalue weighted by atomic mass is 35.5. The van der Waals surface area contributed by atoms with Crippen LogP contribution in [-0.2, 0) is 4.79 Å². The van der Waals surface area contributed by atoms with E-state index in [-0.39, 0.29) is 5.91 Å². The Balaban J connectivity index is 1.99. The number of methoxy groups -OCH3 is 1. The molecule has 0 aromatic heterocycles. The van der Waals surface area contributed by atoms with Crippen molar-refractivity contribution in [2.75, 3.05) is 12.4 Å².